The van der Waals surface area contributed by atoms with Gasteiger partial charge in [0.2, 0.25) is 10.0 Å². The Hall–Kier alpha value is -3.17. The van der Waals surface area contributed by atoms with Crippen LogP contribution in [0.15, 0.2) is 53.4 Å². The molecule has 32 heavy (non-hydrogen) atoms. The molecule has 2 aromatic carbocycles. The maximum Gasteiger partial charge on any atom is 0.251 e. The number of nitrogens with one attached hydrogen (secondary N) is 1. The fraction of sp³-hybridized carbons (Fsp3) is 0.304. The number of nitrogens with zero attached hydrogens (tertiary/aromatic N) is 3. The number of aromatic nitrogens is 2. The predicted octanol–water partition coefficient (Wildman–Crippen LogP) is 2.74. The van der Waals surface area contributed by atoms with Crippen molar-refractivity contribution < 1.29 is 17.9 Å². The van der Waals surface area contributed by atoms with Crippen molar-refractivity contribution in [2.24, 2.45) is 0 Å². The lowest BCUT2D eigenvalue weighted by Crippen LogP contribution is -2.23. The molecule has 0 spiro atoms. The molecule has 1 aromatic heterocycles. The molecule has 0 aliphatic heterocycles. The number of rotatable bonds is 8. The van der Waals surface area contributed by atoms with Gasteiger partial charge in [0, 0.05) is 31.8 Å². The molecular weight excluding hydrogens is 428 g/mol. The number of sulfonamides is 1. The van der Waals surface area contributed by atoms with Gasteiger partial charge >= 0.3 is 0 Å². The van der Waals surface area contributed by atoms with Gasteiger partial charge in [-0.3, -0.25) is 9.48 Å². The summed E-state index contributed by atoms with van der Waals surface area (Å²) in [5, 5.41) is 7.31. The van der Waals surface area contributed by atoms with Crippen molar-refractivity contribution in [2.45, 2.75) is 31.8 Å². The largest absolute Gasteiger partial charge is 0.496 e. The molecule has 0 saturated heterocycles. The zero-order chi connectivity index (χ0) is 23.5. The third-order valence-electron chi connectivity index (χ3n) is 5.23. The third kappa shape index (κ3) is 4.84. The minimum absolute atomic E-state index is 0.187. The fourth-order valence-electron chi connectivity index (χ4n) is 3.45. The SMILES string of the molecule is COc1ccccc1CNC(=O)c1ccc(Cn2nc(C)c(S(=O)(=O)N(C)C)c2C)cc1. The number of hydrogen-bond acceptors (Lipinski definition) is 5. The van der Waals surface area contributed by atoms with Crippen molar-refractivity contribution in [3.63, 3.8) is 0 Å². The van der Waals surface area contributed by atoms with Crippen molar-refractivity contribution in [2.75, 3.05) is 21.2 Å². The Morgan fingerprint density at radius 2 is 1.75 bits per heavy atom. The minimum atomic E-state index is -3.57. The maximum atomic E-state index is 12.6. The monoisotopic (exact) mass is 456 g/mol. The lowest BCUT2D eigenvalue weighted by atomic mass is 10.1. The van der Waals surface area contributed by atoms with E-state index in [0.717, 1.165) is 16.9 Å². The first kappa shape index (κ1) is 23.5. The van der Waals surface area contributed by atoms with Crippen LogP contribution in [0.3, 0.4) is 0 Å². The average molecular weight is 457 g/mol. The molecule has 3 rings (SSSR count). The van der Waals surface area contributed by atoms with Gasteiger partial charge in [0.25, 0.3) is 5.91 Å². The molecule has 0 unspecified atom stereocenters. The van der Waals surface area contributed by atoms with Gasteiger partial charge in [-0.2, -0.15) is 5.10 Å². The lowest BCUT2D eigenvalue weighted by Gasteiger charge is -2.12. The summed E-state index contributed by atoms with van der Waals surface area (Å²) in [7, 11) is 1.03. The van der Waals surface area contributed by atoms with E-state index < -0.39 is 10.0 Å². The standard InChI is InChI=1S/C23H28N4O4S/c1-16-22(32(29,30)26(3)4)17(2)27(25-16)15-18-10-12-19(13-11-18)23(28)24-14-20-8-6-7-9-21(20)31-5/h6-13H,14-15H2,1-5H3,(H,24,28). The van der Waals surface area contributed by atoms with Crippen LogP contribution in [-0.4, -0.2) is 49.6 Å². The van der Waals surface area contributed by atoms with Crippen LogP contribution in [0, 0.1) is 13.8 Å². The number of para-hydroxylation sites is 1. The van der Waals surface area contributed by atoms with Crippen LogP contribution in [0.4, 0.5) is 0 Å². The van der Waals surface area contributed by atoms with Crippen LogP contribution in [0.5, 0.6) is 5.75 Å². The summed E-state index contributed by atoms with van der Waals surface area (Å²) in [6, 6.07) is 14.7. The average Bonchev–Trinajstić information content (AvgIpc) is 3.05. The highest BCUT2D eigenvalue weighted by atomic mass is 32.2. The first-order valence-electron chi connectivity index (χ1n) is 10.1. The lowest BCUT2D eigenvalue weighted by molar-refractivity contribution is 0.0950. The van der Waals surface area contributed by atoms with Gasteiger partial charge in [0.15, 0.2) is 0 Å². The summed E-state index contributed by atoms with van der Waals surface area (Å²) in [5.41, 5.74) is 3.38. The van der Waals surface area contributed by atoms with Crippen molar-refractivity contribution in [3.8, 4) is 5.75 Å². The summed E-state index contributed by atoms with van der Waals surface area (Å²) in [6.07, 6.45) is 0. The fourth-order valence-corrected chi connectivity index (χ4v) is 4.71. The van der Waals surface area contributed by atoms with Crippen molar-refractivity contribution in [1.82, 2.24) is 19.4 Å². The Morgan fingerprint density at radius 1 is 1.09 bits per heavy atom. The smallest absolute Gasteiger partial charge is 0.251 e. The van der Waals surface area contributed by atoms with E-state index in [0.29, 0.717) is 30.0 Å². The Kier molecular flexibility index (Phi) is 7.00. The van der Waals surface area contributed by atoms with E-state index in [2.05, 4.69) is 10.4 Å². The van der Waals surface area contributed by atoms with E-state index in [1.165, 1.54) is 18.4 Å². The number of amides is 1. The molecule has 9 heteroatoms. The Morgan fingerprint density at radius 3 is 2.38 bits per heavy atom. The van der Waals surface area contributed by atoms with Gasteiger partial charge < -0.3 is 10.1 Å². The highest BCUT2D eigenvalue weighted by Crippen LogP contribution is 2.23. The summed E-state index contributed by atoms with van der Waals surface area (Å²) < 4.78 is 33.3. The van der Waals surface area contributed by atoms with Gasteiger partial charge in [-0.1, -0.05) is 30.3 Å². The number of hydrogen-bond donors (Lipinski definition) is 1. The molecule has 0 bridgehead atoms. The molecule has 0 fully saturated rings. The molecule has 8 nitrogen and oxygen atoms in total. The van der Waals surface area contributed by atoms with E-state index in [1.807, 2.05) is 36.4 Å². The summed E-state index contributed by atoms with van der Waals surface area (Å²) in [4.78, 5) is 12.8. The summed E-state index contributed by atoms with van der Waals surface area (Å²) in [6.45, 7) is 4.20. The zero-order valence-corrected chi connectivity index (χ0v) is 19.7. The Balaban J connectivity index is 1.71. The van der Waals surface area contributed by atoms with Gasteiger partial charge in [0.1, 0.15) is 10.6 Å². The topological polar surface area (TPSA) is 93.5 Å². The quantitative estimate of drug-likeness (QED) is 0.563. The van der Waals surface area contributed by atoms with Gasteiger partial charge in [-0.05, 0) is 37.6 Å². The third-order valence-corrected chi connectivity index (χ3v) is 7.30. The van der Waals surface area contributed by atoms with Crippen molar-refractivity contribution >= 4 is 15.9 Å². The molecular formula is C23H28N4O4S. The van der Waals surface area contributed by atoms with E-state index in [-0.39, 0.29) is 10.8 Å². The number of methoxy groups -OCH3 is 1. The second kappa shape index (κ2) is 9.54. The van der Waals surface area contributed by atoms with Crippen molar-refractivity contribution in [3.05, 3.63) is 76.6 Å². The number of benzene rings is 2. The van der Waals surface area contributed by atoms with Crippen LogP contribution in [0.1, 0.15) is 32.9 Å². The minimum Gasteiger partial charge on any atom is -0.496 e. The van der Waals surface area contributed by atoms with Crippen LogP contribution >= 0.6 is 0 Å². The van der Waals surface area contributed by atoms with Gasteiger partial charge in [0.05, 0.1) is 25.0 Å². The van der Waals surface area contributed by atoms with Crippen LogP contribution in [0.2, 0.25) is 0 Å². The first-order chi connectivity index (χ1) is 15.1. The molecule has 0 aliphatic rings. The van der Waals surface area contributed by atoms with E-state index in [9.17, 15) is 13.2 Å². The van der Waals surface area contributed by atoms with Crippen LogP contribution < -0.4 is 10.1 Å². The number of aryl methyl sites for hydroxylation is 1. The Bertz CT molecular complexity index is 1220. The summed E-state index contributed by atoms with van der Waals surface area (Å²) >= 11 is 0. The molecule has 1 amide bonds. The van der Waals surface area contributed by atoms with Crippen molar-refractivity contribution in [1.29, 1.82) is 0 Å². The van der Waals surface area contributed by atoms with E-state index >= 15 is 0 Å². The second-order valence-corrected chi connectivity index (χ2v) is 9.73. The van der Waals surface area contributed by atoms with E-state index in [4.69, 9.17) is 4.74 Å². The molecule has 1 N–H and O–H groups in total. The van der Waals surface area contributed by atoms with Crippen LogP contribution in [-0.2, 0) is 23.1 Å². The highest BCUT2D eigenvalue weighted by Gasteiger charge is 2.26. The molecule has 170 valence electrons. The second-order valence-electron chi connectivity index (χ2n) is 7.64. The molecule has 0 aliphatic carbocycles. The molecule has 0 radical (unpaired) electrons. The highest BCUT2D eigenvalue weighted by molar-refractivity contribution is 7.89. The molecule has 0 saturated carbocycles. The molecule has 1 heterocycles. The summed E-state index contributed by atoms with van der Waals surface area (Å²) in [5.74, 6) is 0.539. The number of carbonyl (C=O) groups excluding carboxylic acids is 1. The number of ether oxygens (including phenoxy) is 1. The normalized spacial score (nSPS) is 11.6. The van der Waals surface area contributed by atoms with Gasteiger partial charge in [-0.25, -0.2) is 12.7 Å². The zero-order valence-electron chi connectivity index (χ0n) is 18.9. The van der Waals surface area contributed by atoms with Gasteiger partial charge in [-0.15, -0.1) is 0 Å². The first-order valence-corrected chi connectivity index (χ1v) is 11.5. The molecule has 0 atom stereocenters. The maximum absolute atomic E-state index is 12.6. The van der Waals surface area contributed by atoms with Crippen LogP contribution in [0.25, 0.3) is 0 Å². The number of carbonyl (C=O) groups is 1. The predicted molar refractivity (Wildman–Crippen MR) is 122 cm³/mol. The molecule has 3 aromatic rings. The Labute approximate surface area is 188 Å². The van der Waals surface area contributed by atoms with E-state index in [1.54, 1.807) is 37.8 Å².